The zero-order chi connectivity index (χ0) is 30.5. The fourth-order valence-corrected chi connectivity index (χ4v) is 7.17. The van der Waals surface area contributed by atoms with Crippen molar-refractivity contribution in [2.75, 3.05) is 0 Å². The van der Waals surface area contributed by atoms with E-state index in [-0.39, 0.29) is 0 Å². The lowest BCUT2D eigenvalue weighted by Gasteiger charge is -2.18. The summed E-state index contributed by atoms with van der Waals surface area (Å²) in [5.74, 6) is 0. The Kier molecular flexibility index (Phi) is 6.25. The summed E-state index contributed by atoms with van der Waals surface area (Å²) < 4.78 is 0. The van der Waals surface area contributed by atoms with Crippen LogP contribution in [0.2, 0.25) is 0 Å². The Morgan fingerprint density at radius 1 is 0.217 bits per heavy atom. The predicted octanol–water partition coefficient (Wildman–Crippen LogP) is 13.0. The molecule has 0 aromatic heterocycles. The highest BCUT2D eigenvalue weighted by atomic mass is 14.2. The van der Waals surface area contributed by atoms with Crippen molar-refractivity contribution < 1.29 is 0 Å². The Balaban J connectivity index is 1.40. The van der Waals surface area contributed by atoms with Gasteiger partial charge >= 0.3 is 0 Å². The van der Waals surface area contributed by atoms with Crippen molar-refractivity contribution in [3.8, 4) is 44.5 Å². The smallest absolute Gasteiger partial charge is 0.00199 e. The lowest BCUT2D eigenvalue weighted by molar-refractivity contribution is 1.57. The zero-order valence-electron chi connectivity index (χ0n) is 25.3. The standard InChI is InChI=1S/C46H30/c1-3-13-31(14-4-1)36-26-37(32-15-5-2-6-16-32)28-38(27-36)39-29-44(35-24-23-33-17-7-8-18-34(33)25-35)46-43-22-12-11-20-41(43)40-19-9-10-21-42(40)45(46)30-39/h1-30H. The molecule has 0 heteroatoms. The maximum Gasteiger partial charge on any atom is -0.00199 e. The number of hydrogen-bond donors (Lipinski definition) is 0. The molecule has 214 valence electrons. The van der Waals surface area contributed by atoms with Gasteiger partial charge in [-0.25, -0.2) is 0 Å². The molecule has 9 rings (SSSR count). The Labute approximate surface area is 268 Å². The molecule has 9 aromatic rings. The number of benzene rings is 9. The fourth-order valence-electron chi connectivity index (χ4n) is 7.17. The van der Waals surface area contributed by atoms with Crippen LogP contribution in [-0.2, 0) is 0 Å². The van der Waals surface area contributed by atoms with Gasteiger partial charge in [0.05, 0.1) is 0 Å². The van der Waals surface area contributed by atoms with Gasteiger partial charge in [-0.1, -0.05) is 146 Å². The molecule has 0 amide bonds. The highest BCUT2D eigenvalue weighted by molar-refractivity contribution is 6.29. The third-order valence-corrected chi connectivity index (χ3v) is 9.38. The van der Waals surface area contributed by atoms with E-state index in [2.05, 4.69) is 182 Å². The Hall–Kier alpha value is -5.98. The first-order valence-electron chi connectivity index (χ1n) is 15.9. The second-order valence-electron chi connectivity index (χ2n) is 12.1. The van der Waals surface area contributed by atoms with Crippen molar-refractivity contribution >= 4 is 43.1 Å². The van der Waals surface area contributed by atoms with Crippen LogP contribution < -0.4 is 0 Å². The average molecular weight is 583 g/mol. The van der Waals surface area contributed by atoms with Gasteiger partial charge in [-0.2, -0.15) is 0 Å². The first kappa shape index (κ1) is 26.4. The highest BCUT2D eigenvalue weighted by Gasteiger charge is 2.17. The minimum atomic E-state index is 1.21. The summed E-state index contributed by atoms with van der Waals surface area (Å²) in [5, 5.41) is 10.2. The van der Waals surface area contributed by atoms with Crippen LogP contribution in [0.1, 0.15) is 0 Å². The highest BCUT2D eigenvalue weighted by Crippen LogP contribution is 2.44. The third-order valence-electron chi connectivity index (χ3n) is 9.38. The van der Waals surface area contributed by atoms with E-state index >= 15 is 0 Å². The molecule has 0 nitrogen and oxygen atoms in total. The van der Waals surface area contributed by atoms with E-state index in [1.807, 2.05) is 0 Å². The molecule has 0 atom stereocenters. The van der Waals surface area contributed by atoms with Crippen molar-refractivity contribution in [2.24, 2.45) is 0 Å². The average Bonchev–Trinajstić information content (AvgIpc) is 3.15. The number of fused-ring (bicyclic) bond motifs is 7. The second-order valence-corrected chi connectivity index (χ2v) is 12.1. The second kappa shape index (κ2) is 10.9. The summed E-state index contributed by atoms with van der Waals surface area (Å²) >= 11 is 0. The van der Waals surface area contributed by atoms with Crippen LogP contribution in [0.3, 0.4) is 0 Å². The minimum absolute atomic E-state index is 1.21. The Morgan fingerprint density at radius 2 is 0.674 bits per heavy atom. The molecule has 0 unspecified atom stereocenters. The van der Waals surface area contributed by atoms with Gasteiger partial charge < -0.3 is 0 Å². The third kappa shape index (κ3) is 4.47. The van der Waals surface area contributed by atoms with Crippen LogP contribution in [0.5, 0.6) is 0 Å². The van der Waals surface area contributed by atoms with E-state index in [1.54, 1.807) is 0 Å². The number of hydrogen-bond acceptors (Lipinski definition) is 0. The molecule has 0 saturated heterocycles. The van der Waals surface area contributed by atoms with Crippen LogP contribution in [0.4, 0.5) is 0 Å². The molecular formula is C46H30. The largest absolute Gasteiger partial charge is 0.0622 e. The van der Waals surface area contributed by atoms with Gasteiger partial charge in [-0.3, -0.25) is 0 Å². The molecule has 0 radical (unpaired) electrons. The normalized spacial score (nSPS) is 11.5. The van der Waals surface area contributed by atoms with Crippen LogP contribution >= 0.6 is 0 Å². The molecule has 0 bridgehead atoms. The first-order chi connectivity index (χ1) is 22.8. The van der Waals surface area contributed by atoms with E-state index in [9.17, 15) is 0 Å². The molecule has 0 saturated carbocycles. The monoisotopic (exact) mass is 582 g/mol. The van der Waals surface area contributed by atoms with Crippen molar-refractivity contribution in [1.82, 2.24) is 0 Å². The van der Waals surface area contributed by atoms with Gasteiger partial charge in [0.1, 0.15) is 0 Å². The molecule has 9 aromatic carbocycles. The summed E-state index contributed by atoms with van der Waals surface area (Å²) in [6.45, 7) is 0. The van der Waals surface area contributed by atoms with Crippen LogP contribution in [-0.4, -0.2) is 0 Å². The molecule has 46 heavy (non-hydrogen) atoms. The van der Waals surface area contributed by atoms with Gasteiger partial charge in [0.25, 0.3) is 0 Å². The SMILES string of the molecule is c1ccc(-c2cc(-c3ccccc3)cc(-c3cc(-c4ccc5ccccc5c4)c4c5ccccc5c5ccccc5c4c3)c2)cc1. The summed E-state index contributed by atoms with van der Waals surface area (Å²) in [6, 6.07) is 66.7. The molecule has 0 heterocycles. The quantitative estimate of drug-likeness (QED) is 0.181. The zero-order valence-corrected chi connectivity index (χ0v) is 25.3. The predicted molar refractivity (Wildman–Crippen MR) is 198 cm³/mol. The molecule has 0 N–H and O–H groups in total. The topological polar surface area (TPSA) is 0 Å². The van der Waals surface area contributed by atoms with E-state index in [4.69, 9.17) is 0 Å². The molecule has 0 aliphatic heterocycles. The first-order valence-corrected chi connectivity index (χ1v) is 15.9. The van der Waals surface area contributed by atoms with Crippen LogP contribution in [0, 0.1) is 0 Å². The van der Waals surface area contributed by atoms with Crippen molar-refractivity contribution in [3.05, 3.63) is 182 Å². The lowest BCUT2D eigenvalue weighted by Crippen LogP contribution is -1.91. The fraction of sp³-hybridized carbons (Fsp3) is 0. The van der Waals surface area contributed by atoms with E-state index in [0.717, 1.165) is 0 Å². The van der Waals surface area contributed by atoms with Gasteiger partial charge in [-0.05, 0) is 124 Å². The molecule has 0 aliphatic carbocycles. The minimum Gasteiger partial charge on any atom is -0.0622 e. The summed E-state index contributed by atoms with van der Waals surface area (Å²) in [7, 11) is 0. The molecule has 0 aliphatic rings. The molecular weight excluding hydrogens is 553 g/mol. The van der Waals surface area contributed by atoms with E-state index < -0.39 is 0 Å². The van der Waals surface area contributed by atoms with Crippen molar-refractivity contribution in [2.45, 2.75) is 0 Å². The summed E-state index contributed by atoms with van der Waals surface area (Å²) in [4.78, 5) is 0. The van der Waals surface area contributed by atoms with E-state index in [1.165, 1.54) is 87.6 Å². The Bertz CT molecular complexity index is 2500. The van der Waals surface area contributed by atoms with E-state index in [0.29, 0.717) is 0 Å². The molecule has 0 fully saturated rings. The molecule has 0 spiro atoms. The summed E-state index contributed by atoms with van der Waals surface area (Å²) in [6.07, 6.45) is 0. The lowest BCUT2D eigenvalue weighted by atomic mass is 9.85. The van der Waals surface area contributed by atoms with Crippen LogP contribution in [0.15, 0.2) is 182 Å². The Morgan fingerprint density at radius 3 is 1.30 bits per heavy atom. The maximum absolute atomic E-state index is 2.42. The van der Waals surface area contributed by atoms with Crippen molar-refractivity contribution in [1.29, 1.82) is 0 Å². The van der Waals surface area contributed by atoms with Gasteiger partial charge in [-0.15, -0.1) is 0 Å². The number of rotatable bonds is 4. The van der Waals surface area contributed by atoms with Gasteiger partial charge in [0, 0.05) is 0 Å². The van der Waals surface area contributed by atoms with Gasteiger partial charge in [0.15, 0.2) is 0 Å². The van der Waals surface area contributed by atoms with Crippen LogP contribution in [0.25, 0.3) is 87.6 Å². The van der Waals surface area contributed by atoms with Gasteiger partial charge in [0.2, 0.25) is 0 Å². The maximum atomic E-state index is 2.42. The van der Waals surface area contributed by atoms with Crippen molar-refractivity contribution in [3.63, 3.8) is 0 Å². The summed E-state index contributed by atoms with van der Waals surface area (Å²) in [5.41, 5.74) is 9.77.